The van der Waals surface area contributed by atoms with E-state index in [9.17, 15) is 14.7 Å². The van der Waals surface area contributed by atoms with Crippen molar-refractivity contribution in [3.63, 3.8) is 0 Å². The Balaban J connectivity index is 1.58. The Morgan fingerprint density at radius 1 is 1.21 bits per heavy atom. The van der Waals surface area contributed by atoms with Gasteiger partial charge in [-0.05, 0) is 31.0 Å². The van der Waals surface area contributed by atoms with Gasteiger partial charge in [-0.2, -0.15) is 0 Å². The number of carbonyl (C=O) groups excluding carboxylic acids is 1. The zero-order valence-corrected chi connectivity index (χ0v) is 18.0. The molecule has 9 nitrogen and oxygen atoms in total. The van der Waals surface area contributed by atoms with Gasteiger partial charge in [-0.15, -0.1) is 0 Å². The number of halogens is 1. The van der Waals surface area contributed by atoms with E-state index < -0.39 is 11.2 Å². The molecule has 0 spiro atoms. The minimum absolute atomic E-state index is 0.0306. The minimum atomic E-state index is -0.582. The normalized spacial score (nSPS) is 15.6. The first-order valence-electron chi connectivity index (χ1n) is 10.7. The van der Waals surface area contributed by atoms with Crippen molar-refractivity contribution in [3.8, 4) is 17.6 Å². The second kappa shape index (κ2) is 8.89. The first-order valence-corrected chi connectivity index (χ1v) is 10.7. The molecule has 1 atom stereocenters. The van der Waals surface area contributed by atoms with E-state index in [1.807, 2.05) is 11.0 Å². The molecule has 172 valence electrons. The van der Waals surface area contributed by atoms with Crippen molar-refractivity contribution >= 4 is 22.9 Å². The second-order valence-corrected chi connectivity index (χ2v) is 7.93. The molecule has 10 heteroatoms. The predicted molar refractivity (Wildman–Crippen MR) is 122 cm³/mol. The molecule has 0 radical (unpaired) electrons. The number of benzene rings is 1. The van der Waals surface area contributed by atoms with E-state index in [4.69, 9.17) is 4.74 Å². The Bertz CT molecular complexity index is 1410. The fourth-order valence-corrected chi connectivity index (χ4v) is 4.20. The van der Waals surface area contributed by atoms with E-state index in [2.05, 4.69) is 15.0 Å². The molecular weight excluding hydrogens is 441 g/mol. The third-order valence-electron chi connectivity index (χ3n) is 5.81. The number of carbonyl (C=O) groups is 1. The Morgan fingerprint density at radius 3 is 2.76 bits per heavy atom. The van der Waals surface area contributed by atoms with E-state index in [1.165, 1.54) is 23.2 Å². The lowest BCUT2D eigenvalue weighted by atomic mass is 10.1. The highest BCUT2D eigenvalue weighted by molar-refractivity contribution is 5.89. The van der Waals surface area contributed by atoms with Crippen LogP contribution in [0.3, 0.4) is 0 Å². The highest BCUT2D eigenvalue weighted by Gasteiger charge is 2.28. The SMILES string of the molecule is O=Cc1cn(-c2ncc(O)cn2)c2cc(N3CCCC3COc3ccccn3)c(F)cc2c1=O. The van der Waals surface area contributed by atoms with Crippen LogP contribution in [0.2, 0.25) is 0 Å². The number of pyridine rings is 2. The molecule has 4 aromatic rings. The fraction of sp³-hybridized carbons (Fsp3) is 0.208. The van der Waals surface area contributed by atoms with Gasteiger partial charge in [0.05, 0.1) is 35.2 Å². The maximum Gasteiger partial charge on any atom is 0.234 e. The number of aromatic nitrogens is 4. The first-order chi connectivity index (χ1) is 16.5. The molecular formula is C24H20FN5O4. The lowest BCUT2D eigenvalue weighted by molar-refractivity contribution is 0.112. The van der Waals surface area contributed by atoms with Crippen molar-refractivity contribution in [2.45, 2.75) is 18.9 Å². The molecule has 1 aromatic carbocycles. The molecule has 0 aliphatic carbocycles. The molecule has 0 amide bonds. The van der Waals surface area contributed by atoms with E-state index in [0.717, 1.165) is 18.9 Å². The molecule has 4 heterocycles. The quantitative estimate of drug-likeness (QED) is 0.437. The van der Waals surface area contributed by atoms with Crippen LogP contribution in [0.4, 0.5) is 10.1 Å². The molecule has 5 rings (SSSR count). The van der Waals surface area contributed by atoms with Gasteiger partial charge in [-0.3, -0.25) is 14.2 Å². The second-order valence-electron chi connectivity index (χ2n) is 7.93. The molecule has 34 heavy (non-hydrogen) atoms. The van der Waals surface area contributed by atoms with Gasteiger partial charge in [0.2, 0.25) is 11.8 Å². The lowest BCUT2D eigenvalue weighted by Gasteiger charge is -2.27. The number of hydrogen-bond donors (Lipinski definition) is 1. The molecule has 3 aromatic heterocycles. The summed E-state index contributed by atoms with van der Waals surface area (Å²) < 4.78 is 22.6. The van der Waals surface area contributed by atoms with Gasteiger partial charge in [-0.1, -0.05) is 6.07 Å². The number of aromatic hydroxyl groups is 1. The molecule has 1 fully saturated rings. The Morgan fingerprint density at radius 2 is 2.03 bits per heavy atom. The summed E-state index contributed by atoms with van der Waals surface area (Å²) in [5, 5.41) is 9.57. The maximum absolute atomic E-state index is 15.3. The number of ether oxygens (including phenoxy) is 1. The summed E-state index contributed by atoms with van der Waals surface area (Å²) in [6.45, 7) is 0.942. The maximum atomic E-state index is 15.3. The van der Waals surface area contributed by atoms with Crippen LogP contribution in [-0.4, -0.2) is 50.1 Å². The summed E-state index contributed by atoms with van der Waals surface area (Å²) in [7, 11) is 0. The topological polar surface area (TPSA) is 110 Å². The van der Waals surface area contributed by atoms with Gasteiger partial charge in [0, 0.05) is 30.4 Å². The lowest BCUT2D eigenvalue weighted by Crippen LogP contribution is -2.35. The van der Waals surface area contributed by atoms with E-state index in [0.29, 0.717) is 36.5 Å². The molecule has 1 unspecified atom stereocenters. The molecule has 1 saturated heterocycles. The Kier molecular flexibility index (Phi) is 5.62. The van der Waals surface area contributed by atoms with E-state index in [1.54, 1.807) is 24.4 Å². The van der Waals surface area contributed by atoms with Crippen molar-refractivity contribution in [1.29, 1.82) is 0 Å². The Labute approximate surface area is 193 Å². The monoisotopic (exact) mass is 461 g/mol. The summed E-state index contributed by atoms with van der Waals surface area (Å²) >= 11 is 0. The minimum Gasteiger partial charge on any atom is -0.505 e. The zero-order valence-electron chi connectivity index (χ0n) is 18.0. The number of anilines is 1. The predicted octanol–water partition coefficient (Wildman–Crippen LogP) is 2.88. The van der Waals surface area contributed by atoms with Crippen LogP contribution in [0.25, 0.3) is 16.9 Å². The van der Waals surface area contributed by atoms with Crippen LogP contribution < -0.4 is 15.1 Å². The third kappa shape index (κ3) is 3.94. The Hall–Kier alpha value is -4.34. The van der Waals surface area contributed by atoms with Crippen LogP contribution in [0.1, 0.15) is 23.2 Å². The highest BCUT2D eigenvalue weighted by Crippen LogP contribution is 2.32. The van der Waals surface area contributed by atoms with Crippen LogP contribution in [-0.2, 0) is 0 Å². The summed E-state index contributed by atoms with van der Waals surface area (Å²) in [5.41, 5.74) is -0.0829. The number of hydrogen-bond acceptors (Lipinski definition) is 8. The number of aldehydes is 1. The van der Waals surface area contributed by atoms with Crippen LogP contribution >= 0.6 is 0 Å². The third-order valence-corrected chi connectivity index (χ3v) is 5.81. The smallest absolute Gasteiger partial charge is 0.234 e. The van der Waals surface area contributed by atoms with Crippen molar-refractivity contribution in [3.05, 3.63) is 76.7 Å². The van der Waals surface area contributed by atoms with Gasteiger partial charge in [0.1, 0.15) is 12.4 Å². The van der Waals surface area contributed by atoms with Crippen LogP contribution in [0.15, 0.2) is 59.9 Å². The van der Waals surface area contributed by atoms with Crippen molar-refractivity contribution in [2.75, 3.05) is 18.1 Å². The molecule has 1 aliphatic heterocycles. The number of fused-ring (bicyclic) bond motifs is 1. The first kappa shape index (κ1) is 21.5. The summed E-state index contributed by atoms with van der Waals surface area (Å²) in [6, 6.07) is 8.01. The summed E-state index contributed by atoms with van der Waals surface area (Å²) in [6.07, 6.45) is 7.43. The largest absolute Gasteiger partial charge is 0.505 e. The average molecular weight is 461 g/mol. The van der Waals surface area contributed by atoms with Crippen LogP contribution in [0.5, 0.6) is 11.6 Å². The van der Waals surface area contributed by atoms with E-state index >= 15 is 4.39 Å². The molecule has 1 N–H and O–H groups in total. The highest BCUT2D eigenvalue weighted by atomic mass is 19.1. The van der Waals surface area contributed by atoms with Gasteiger partial charge in [-0.25, -0.2) is 19.3 Å². The van der Waals surface area contributed by atoms with Crippen LogP contribution in [0, 0.1) is 5.82 Å². The standard InChI is InChI=1S/C24H20FN5O4/c25-19-8-18-20(30(12-15(13-31)23(18)33)24-27-10-17(32)11-28-24)9-21(19)29-7-3-4-16(29)14-34-22-5-1-2-6-26-22/h1-2,5-6,8-13,16,32H,3-4,7,14H2. The van der Waals surface area contributed by atoms with Crippen molar-refractivity contribution in [1.82, 2.24) is 19.5 Å². The van der Waals surface area contributed by atoms with Gasteiger partial charge in [0.25, 0.3) is 0 Å². The number of nitrogens with zero attached hydrogens (tertiary/aromatic N) is 5. The van der Waals surface area contributed by atoms with Gasteiger partial charge < -0.3 is 14.7 Å². The molecule has 0 bridgehead atoms. The molecule has 0 saturated carbocycles. The van der Waals surface area contributed by atoms with Gasteiger partial charge >= 0.3 is 0 Å². The van der Waals surface area contributed by atoms with E-state index in [-0.39, 0.29) is 28.7 Å². The average Bonchev–Trinajstić information content (AvgIpc) is 3.33. The van der Waals surface area contributed by atoms with Gasteiger partial charge in [0.15, 0.2) is 17.5 Å². The molecule has 1 aliphatic rings. The fourth-order valence-electron chi connectivity index (χ4n) is 4.20. The zero-order chi connectivity index (χ0) is 23.7. The number of rotatable bonds is 6. The van der Waals surface area contributed by atoms with Crippen molar-refractivity contribution < 1.29 is 19.0 Å². The summed E-state index contributed by atoms with van der Waals surface area (Å²) in [4.78, 5) is 38.5. The van der Waals surface area contributed by atoms with Crippen molar-refractivity contribution in [2.24, 2.45) is 0 Å². The summed E-state index contributed by atoms with van der Waals surface area (Å²) in [5.74, 6) is -0.0900.